The standard InChI is InChI=1S/C7H9N3O/c1-5-6-7(10-4-9-5)11-3-2-8-6/h4,8H,2-3H2,1H3. The minimum Gasteiger partial charge on any atom is -0.474 e. The molecule has 0 bridgehead atoms. The maximum absolute atomic E-state index is 5.29. The summed E-state index contributed by atoms with van der Waals surface area (Å²) >= 11 is 0. The second-order valence-electron chi connectivity index (χ2n) is 2.41. The number of ether oxygens (including phenoxy) is 1. The Morgan fingerprint density at radius 3 is 3.27 bits per heavy atom. The fraction of sp³-hybridized carbons (Fsp3) is 0.429. The highest BCUT2D eigenvalue weighted by atomic mass is 16.5. The van der Waals surface area contributed by atoms with Gasteiger partial charge in [0.15, 0.2) is 0 Å². The average Bonchev–Trinajstić information content (AvgIpc) is 2.06. The van der Waals surface area contributed by atoms with Crippen LogP contribution in [0.1, 0.15) is 5.69 Å². The maximum atomic E-state index is 5.29. The zero-order chi connectivity index (χ0) is 7.68. The first-order chi connectivity index (χ1) is 5.38. The molecule has 0 saturated carbocycles. The SMILES string of the molecule is Cc1ncnc2c1NCCO2. The van der Waals surface area contributed by atoms with Crippen molar-refractivity contribution in [3.05, 3.63) is 12.0 Å². The van der Waals surface area contributed by atoms with Gasteiger partial charge in [-0.15, -0.1) is 0 Å². The van der Waals surface area contributed by atoms with E-state index in [1.165, 1.54) is 6.33 Å². The molecule has 0 fully saturated rings. The minimum atomic E-state index is 0.670. The molecule has 0 aliphatic carbocycles. The molecular weight excluding hydrogens is 142 g/mol. The molecule has 0 amide bonds. The largest absolute Gasteiger partial charge is 0.474 e. The lowest BCUT2D eigenvalue weighted by molar-refractivity contribution is 0.309. The van der Waals surface area contributed by atoms with Crippen molar-refractivity contribution in [3.63, 3.8) is 0 Å². The Labute approximate surface area is 64.6 Å². The Kier molecular flexibility index (Phi) is 1.38. The summed E-state index contributed by atoms with van der Waals surface area (Å²) < 4.78 is 5.29. The van der Waals surface area contributed by atoms with E-state index in [0.717, 1.165) is 17.9 Å². The number of anilines is 1. The lowest BCUT2D eigenvalue weighted by atomic mass is 10.3. The van der Waals surface area contributed by atoms with Gasteiger partial charge in [-0.2, -0.15) is 4.98 Å². The number of aromatic nitrogens is 2. The number of aryl methyl sites for hydroxylation is 1. The van der Waals surface area contributed by atoms with Gasteiger partial charge in [-0.25, -0.2) is 4.98 Å². The quantitative estimate of drug-likeness (QED) is 0.589. The molecule has 4 nitrogen and oxygen atoms in total. The molecule has 1 aromatic heterocycles. The Bertz CT molecular complexity index is 274. The molecule has 0 spiro atoms. The number of hydrogen-bond acceptors (Lipinski definition) is 4. The molecule has 0 radical (unpaired) electrons. The number of fused-ring (bicyclic) bond motifs is 1. The third kappa shape index (κ3) is 1.00. The van der Waals surface area contributed by atoms with Gasteiger partial charge in [-0.05, 0) is 6.92 Å². The minimum absolute atomic E-state index is 0.670. The second kappa shape index (κ2) is 2.38. The van der Waals surface area contributed by atoms with Gasteiger partial charge in [0, 0.05) is 6.54 Å². The monoisotopic (exact) mass is 151 g/mol. The molecule has 1 aromatic rings. The molecule has 11 heavy (non-hydrogen) atoms. The first kappa shape index (κ1) is 6.39. The van der Waals surface area contributed by atoms with Crippen LogP contribution in [0.4, 0.5) is 5.69 Å². The molecule has 0 unspecified atom stereocenters. The van der Waals surface area contributed by atoms with Crippen LogP contribution in [-0.2, 0) is 0 Å². The molecule has 0 aromatic carbocycles. The number of nitrogens with one attached hydrogen (secondary N) is 1. The first-order valence-electron chi connectivity index (χ1n) is 3.56. The topological polar surface area (TPSA) is 47.0 Å². The van der Waals surface area contributed by atoms with Crippen LogP contribution in [0.15, 0.2) is 6.33 Å². The third-order valence-corrected chi connectivity index (χ3v) is 1.64. The van der Waals surface area contributed by atoms with Crippen molar-refractivity contribution in [2.24, 2.45) is 0 Å². The van der Waals surface area contributed by atoms with Crippen molar-refractivity contribution in [2.45, 2.75) is 6.92 Å². The molecular formula is C7H9N3O. The molecule has 2 heterocycles. The Hall–Kier alpha value is -1.32. The summed E-state index contributed by atoms with van der Waals surface area (Å²) in [5.74, 6) is 0.670. The van der Waals surface area contributed by atoms with Crippen molar-refractivity contribution in [2.75, 3.05) is 18.5 Å². The van der Waals surface area contributed by atoms with Gasteiger partial charge in [0.05, 0.1) is 5.69 Å². The number of rotatable bonds is 0. The lowest BCUT2D eigenvalue weighted by Gasteiger charge is -2.18. The highest BCUT2D eigenvalue weighted by Crippen LogP contribution is 2.25. The van der Waals surface area contributed by atoms with Crippen molar-refractivity contribution in [1.82, 2.24) is 9.97 Å². The van der Waals surface area contributed by atoms with E-state index in [4.69, 9.17) is 4.74 Å². The zero-order valence-electron chi connectivity index (χ0n) is 6.29. The van der Waals surface area contributed by atoms with Crippen LogP contribution in [0.3, 0.4) is 0 Å². The highest BCUT2D eigenvalue weighted by Gasteiger charge is 2.12. The van der Waals surface area contributed by atoms with Gasteiger partial charge in [0.2, 0.25) is 5.88 Å². The molecule has 0 saturated heterocycles. The smallest absolute Gasteiger partial charge is 0.240 e. The van der Waals surface area contributed by atoms with Gasteiger partial charge in [-0.1, -0.05) is 0 Å². The summed E-state index contributed by atoms with van der Waals surface area (Å²) in [6, 6.07) is 0. The van der Waals surface area contributed by atoms with E-state index >= 15 is 0 Å². The van der Waals surface area contributed by atoms with Crippen LogP contribution < -0.4 is 10.1 Å². The summed E-state index contributed by atoms with van der Waals surface area (Å²) in [6.45, 7) is 3.45. The van der Waals surface area contributed by atoms with Crippen LogP contribution in [-0.4, -0.2) is 23.1 Å². The molecule has 1 N–H and O–H groups in total. The Morgan fingerprint density at radius 1 is 1.55 bits per heavy atom. The number of hydrogen-bond donors (Lipinski definition) is 1. The van der Waals surface area contributed by atoms with Crippen LogP contribution in [0.2, 0.25) is 0 Å². The second-order valence-corrected chi connectivity index (χ2v) is 2.41. The average molecular weight is 151 g/mol. The zero-order valence-corrected chi connectivity index (χ0v) is 6.29. The Morgan fingerprint density at radius 2 is 2.45 bits per heavy atom. The molecule has 1 aliphatic rings. The summed E-state index contributed by atoms with van der Waals surface area (Å²) in [5, 5.41) is 3.18. The van der Waals surface area contributed by atoms with Crippen LogP contribution >= 0.6 is 0 Å². The van der Waals surface area contributed by atoms with Crippen molar-refractivity contribution >= 4 is 5.69 Å². The normalized spacial score (nSPS) is 14.6. The Balaban J connectivity index is 2.49. The van der Waals surface area contributed by atoms with E-state index in [9.17, 15) is 0 Å². The van der Waals surface area contributed by atoms with Gasteiger partial charge in [0.25, 0.3) is 0 Å². The summed E-state index contributed by atoms with van der Waals surface area (Å²) in [7, 11) is 0. The maximum Gasteiger partial charge on any atom is 0.240 e. The van der Waals surface area contributed by atoms with Gasteiger partial charge in [0.1, 0.15) is 18.6 Å². The summed E-state index contributed by atoms with van der Waals surface area (Å²) in [6.07, 6.45) is 1.52. The van der Waals surface area contributed by atoms with E-state index in [0.29, 0.717) is 12.5 Å². The van der Waals surface area contributed by atoms with Gasteiger partial charge >= 0.3 is 0 Å². The fourth-order valence-electron chi connectivity index (χ4n) is 1.09. The van der Waals surface area contributed by atoms with E-state index < -0.39 is 0 Å². The van der Waals surface area contributed by atoms with Crippen LogP contribution in [0.25, 0.3) is 0 Å². The summed E-state index contributed by atoms with van der Waals surface area (Å²) in [5.41, 5.74) is 1.87. The predicted molar refractivity (Wildman–Crippen MR) is 40.8 cm³/mol. The van der Waals surface area contributed by atoms with Gasteiger partial charge in [-0.3, -0.25) is 0 Å². The van der Waals surface area contributed by atoms with Crippen LogP contribution in [0.5, 0.6) is 5.88 Å². The molecule has 1 aliphatic heterocycles. The molecule has 2 rings (SSSR count). The predicted octanol–water partition coefficient (Wildman–Crippen LogP) is 0.589. The third-order valence-electron chi connectivity index (χ3n) is 1.64. The van der Waals surface area contributed by atoms with Crippen molar-refractivity contribution in [3.8, 4) is 5.88 Å². The van der Waals surface area contributed by atoms with E-state index in [-0.39, 0.29) is 0 Å². The lowest BCUT2D eigenvalue weighted by Crippen LogP contribution is -2.20. The van der Waals surface area contributed by atoms with Crippen molar-refractivity contribution in [1.29, 1.82) is 0 Å². The molecule has 0 atom stereocenters. The molecule has 58 valence electrons. The highest BCUT2D eigenvalue weighted by molar-refractivity contribution is 5.56. The van der Waals surface area contributed by atoms with Crippen LogP contribution in [0, 0.1) is 6.92 Å². The first-order valence-corrected chi connectivity index (χ1v) is 3.56. The van der Waals surface area contributed by atoms with Crippen molar-refractivity contribution < 1.29 is 4.74 Å². The van der Waals surface area contributed by atoms with E-state index in [2.05, 4.69) is 15.3 Å². The van der Waals surface area contributed by atoms with Gasteiger partial charge < -0.3 is 10.1 Å². The molecule has 4 heteroatoms. The van der Waals surface area contributed by atoms with E-state index in [1.54, 1.807) is 0 Å². The summed E-state index contributed by atoms with van der Waals surface area (Å²) in [4.78, 5) is 8.02. The number of nitrogens with zero attached hydrogens (tertiary/aromatic N) is 2. The van der Waals surface area contributed by atoms with E-state index in [1.807, 2.05) is 6.92 Å². The fourth-order valence-corrected chi connectivity index (χ4v) is 1.09.